The first kappa shape index (κ1) is 17.0. The van der Waals surface area contributed by atoms with Crippen molar-refractivity contribution in [3.63, 3.8) is 0 Å². The van der Waals surface area contributed by atoms with Gasteiger partial charge >= 0.3 is 5.97 Å². The van der Waals surface area contributed by atoms with E-state index in [2.05, 4.69) is 10.8 Å². The molecule has 0 aliphatic heterocycles. The van der Waals surface area contributed by atoms with Crippen LogP contribution in [0.4, 0.5) is 0 Å². The fourth-order valence-electron chi connectivity index (χ4n) is 2.26. The predicted molar refractivity (Wildman–Crippen MR) is 73.0 cm³/mol. The Morgan fingerprint density at radius 2 is 1.94 bits per heavy atom. The lowest BCUT2D eigenvalue weighted by molar-refractivity contribution is -0.140. The smallest absolute Gasteiger partial charge is 0.305 e. The van der Waals surface area contributed by atoms with Gasteiger partial charge in [0.1, 0.15) is 0 Å². The van der Waals surface area contributed by atoms with Crippen LogP contribution in [0.3, 0.4) is 0 Å². The average Bonchev–Trinajstić information content (AvgIpc) is 2.44. The van der Waals surface area contributed by atoms with E-state index in [0.29, 0.717) is 6.42 Å². The summed E-state index contributed by atoms with van der Waals surface area (Å²) in [6.07, 6.45) is 12.2. The van der Waals surface area contributed by atoms with Crippen LogP contribution < -0.4 is 0 Å². The molecule has 3 heteroatoms. The summed E-state index contributed by atoms with van der Waals surface area (Å²) in [7, 11) is 1.38. The lowest BCUT2D eigenvalue weighted by Gasteiger charge is -2.20. The van der Waals surface area contributed by atoms with Gasteiger partial charge < -0.3 is 4.74 Å². The molecule has 0 aromatic heterocycles. The largest absolute Gasteiger partial charge is 0.469 e. The van der Waals surface area contributed by atoms with Crippen molar-refractivity contribution in [2.24, 2.45) is 5.92 Å². The average molecular weight is 253 g/mol. The number of unbranched alkanes of at least 4 members (excludes halogenated alkanes) is 2. The molecule has 1 fully saturated rings. The number of hydrogen-bond acceptors (Lipinski definition) is 3. The minimum atomic E-state index is -0.157. The van der Waals surface area contributed by atoms with Gasteiger partial charge in [0.25, 0.3) is 0 Å². The first-order valence-corrected chi connectivity index (χ1v) is 7.18. The lowest BCUT2D eigenvalue weighted by atomic mass is 9.86. The Labute approximate surface area is 112 Å². The van der Waals surface area contributed by atoms with Gasteiger partial charge in [-0.3, -0.25) is 4.79 Å². The fourth-order valence-corrected chi connectivity index (χ4v) is 2.26. The third-order valence-electron chi connectivity index (χ3n) is 3.39. The minimum Gasteiger partial charge on any atom is -0.469 e. The van der Waals surface area contributed by atoms with Gasteiger partial charge in [-0.25, -0.2) is 0 Å². The molecule has 0 N–H and O–H groups in total. The predicted octanol–water partition coefficient (Wildman–Crippen LogP) is 4.22. The molecule has 0 spiro atoms. The number of rotatable bonds is 5. The topological polar surface area (TPSA) is 50.1 Å². The van der Waals surface area contributed by atoms with E-state index in [0.717, 1.165) is 18.8 Å². The lowest BCUT2D eigenvalue weighted by Crippen LogP contribution is -2.05. The number of nitriles is 1. The number of nitrogens with zero attached hydrogens (tertiary/aromatic N) is 1. The van der Waals surface area contributed by atoms with E-state index < -0.39 is 0 Å². The van der Waals surface area contributed by atoms with Gasteiger partial charge in [-0.05, 0) is 12.3 Å². The maximum Gasteiger partial charge on any atom is 0.305 e. The second-order valence-corrected chi connectivity index (χ2v) is 4.84. The second-order valence-electron chi connectivity index (χ2n) is 4.84. The third kappa shape index (κ3) is 10.1. The first-order chi connectivity index (χ1) is 8.74. The van der Waals surface area contributed by atoms with Gasteiger partial charge in [0.15, 0.2) is 0 Å². The van der Waals surface area contributed by atoms with Gasteiger partial charge in [0, 0.05) is 12.8 Å². The first-order valence-electron chi connectivity index (χ1n) is 7.18. The quantitative estimate of drug-likeness (QED) is 0.544. The highest BCUT2D eigenvalue weighted by Gasteiger charge is 2.12. The van der Waals surface area contributed by atoms with E-state index in [9.17, 15) is 4.79 Å². The Hall–Kier alpha value is -1.04. The molecule has 0 bridgehead atoms. The van der Waals surface area contributed by atoms with Crippen molar-refractivity contribution >= 4 is 5.97 Å². The molecule has 0 aromatic carbocycles. The van der Waals surface area contributed by atoms with Gasteiger partial charge in [-0.2, -0.15) is 5.26 Å². The summed E-state index contributed by atoms with van der Waals surface area (Å²) >= 11 is 0. The molecule has 0 amide bonds. The van der Waals surface area contributed by atoms with Crippen molar-refractivity contribution in [3.8, 4) is 6.07 Å². The van der Waals surface area contributed by atoms with Gasteiger partial charge in [0.05, 0.1) is 13.2 Å². The summed E-state index contributed by atoms with van der Waals surface area (Å²) in [5.74, 6) is 0.840. The zero-order valence-electron chi connectivity index (χ0n) is 11.9. The number of esters is 1. The molecule has 0 atom stereocenters. The molecule has 104 valence electrons. The van der Waals surface area contributed by atoms with Crippen LogP contribution in [0.25, 0.3) is 0 Å². The second kappa shape index (κ2) is 12.4. The molecule has 0 heterocycles. The Bertz CT molecular complexity index is 233. The van der Waals surface area contributed by atoms with E-state index in [1.165, 1.54) is 52.1 Å². The van der Waals surface area contributed by atoms with E-state index in [-0.39, 0.29) is 5.97 Å². The van der Waals surface area contributed by atoms with Crippen LogP contribution >= 0.6 is 0 Å². The maximum absolute atomic E-state index is 9.96. The summed E-state index contributed by atoms with van der Waals surface area (Å²) in [6, 6.07) is 2.21. The number of carbonyl (C=O) groups is 1. The van der Waals surface area contributed by atoms with Crippen LogP contribution in [-0.2, 0) is 9.53 Å². The number of carbonyl (C=O) groups excluding carboxylic acids is 1. The Morgan fingerprint density at radius 3 is 2.39 bits per heavy atom. The molecule has 1 saturated carbocycles. The van der Waals surface area contributed by atoms with E-state index in [1.54, 1.807) is 6.92 Å². The summed E-state index contributed by atoms with van der Waals surface area (Å²) < 4.78 is 4.26. The van der Waals surface area contributed by atoms with Gasteiger partial charge in [-0.15, -0.1) is 0 Å². The molecular formula is C15H27NO2. The van der Waals surface area contributed by atoms with Crippen LogP contribution in [0.1, 0.15) is 71.1 Å². The summed E-state index contributed by atoms with van der Waals surface area (Å²) in [4.78, 5) is 9.96. The summed E-state index contributed by atoms with van der Waals surface area (Å²) in [5.41, 5.74) is 0. The zero-order valence-corrected chi connectivity index (χ0v) is 11.9. The molecule has 1 aliphatic carbocycles. The standard InChI is InChI=1S/C11H19N.C4H8O2/c12-10-6-2-5-9-11-7-3-1-4-8-11;1-3-4(5)6-2/h11H,1-9H2;3H2,1-2H3. The summed E-state index contributed by atoms with van der Waals surface area (Å²) in [5, 5.41) is 8.35. The molecule has 0 radical (unpaired) electrons. The van der Waals surface area contributed by atoms with Crippen LogP contribution in [0, 0.1) is 17.2 Å². The monoisotopic (exact) mass is 253 g/mol. The molecule has 0 unspecified atom stereocenters. The number of hydrogen-bond donors (Lipinski definition) is 0. The Balaban J connectivity index is 0.000000411. The third-order valence-corrected chi connectivity index (χ3v) is 3.39. The van der Waals surface area contributed by atoms with Crippen LogP contribution in [0.5, 0.6) is 0 Å². The maximum atomic E-state index is 9.96. The molecule has 3 nitrogen and oxygen atoms in total. The highest BCUT2D eigenvalue weighted by molar-refractivity contribution is 5.68. The normalized spacial score (nSPS) is 15.2. The van der Waals surface area contributed by atoms with Crippen molar-refractivity contribution in [1.29, 1.82) is 5.26 Å². The van der Waals surface area contributed by atoms with Crippen molar-refractivity contribution in [2.75, 3.05) is 7.11 Å². The van der Waals surface area contributed by atoms with E-state index in [1.807, 2.05) is 0 Å². The van der Waals surface area contributed by atoms with Gasteiger partial charge in [0.2, 0.25) is 0 Å². The van der Waals surface area contributed by atoms with Crippen molar-refractivity contribution < 1.29 is 9.53 Å². The Morgan fingerprint density at radius 1 is 1.28 bits per heavy atom. The van der Waals surface area contributed by atoms with Crippen molar-refractivity contribution in [3.05, 3.63) is 0 Å². The zero-order chi connectivity index (χ0) is 13.6. The van der Waals surface area contributed by atoms with Crippen molar-refractivity contribution in [1.82, 2.24) is 0 Å². The SMILES string of the molecule is CCC(=O)OC.N#CCCCCC1CCCCC1. The van der Waals surface area contributed by atoms with E-state index in [4.69, 9.17) is 5.26 Å². The highest BCUT2D eigenvalue weighted by Crippen LogP contribution is 2.27. The van der Waals surface area contributed by atoms with Crippen LogP contribution in [-0.4, -0.2) is 13.1 Å². The number of ether oxygens (including phenoxy) is 1. The number of methoxy groups -OCH3 is 1. The molecule has 0 aromatic rings. The molecule has 0 saturated heterocycles. The van der Waals surface area contributed by atoms with E-state index >= 15 is 0 Å². The minimum absolute atomic E-state index is 0.157. The van der Waals surface area contributed by atoms with Crippen molar-refractivity contribution in [2.45, 2.75) is 71.1 Å². The van der Waals surface area contributed by atoms with Crippen LogP contribution in [0.15, 0.2) is 0 Å². The van der Waals surface area contributed by atoms with Gasteiger partial charge in [-0.1, -0.05) is 51.9 Å². The Kier molecular flexibility index (Phi) is 11.7. The fraction of sp³-hybridized carbons (Fsp3) is 0.867. The molecule has 18 heavy (non-hydrogen) atoms. The summed E-state index contributed by atoms with van der Waals surface area (Å²) in [6.45, 7) is 1.76. The molecule has 1 rings (SSSR count). The molecular weight excluding hydrogens is 226 g/mol. The molecule has 1 aliphatic rings. The van der Waals surface area contributed by atoms with Crippen LogP contribution in [0.2, 0.25) is 0 Å². The highest BCUT2D eigenvalue weighted by atomic mass is 16.5.